The van der Waals surface area contributed by atoms with Crippen molar-refractivity contribution in [3.63, 3.8) is 0 Å². The minimum Gasteiger partial charge on any atom is -0.377 e. The Kier molecular flexibility index (Phi) is 4.97. The van der Waals surface area contributed by atoms with Gasteiger partial charge in [-0.05, 0) is 27.7 Å². The highest BCUT2D eigenvalue weighted by Crippen LogP contribution is 2.23. The van der Waals surface area contributed by atoms with Crippen molar-refractivity contribution in [1.82, 2.24) is 10.3 Å². The molecule has 1 rings (SSSR count). The molecule has 1 aromatic rings. The lowest BCUT2D eigenvalue weighted by Gasteiger charge is -2.23. The van der Waals surface area contributed by atoms with Crippen LogP contribution < -0.4 is 5.32 Å². The van der Waals surface area contributed by atoms with Gasteiger partial charge in [-0.1, -0.05) is 0 Å². The SMILES string of the molecule is COC(C)(C)CNCc1ncc(C)c([N+](=O)[O-])c1C. The van der Waals surface area contributed by atoms with E-state index < -0.39 is 0 Å². The average molecular weight is 267 g/mol. The third kappa shape index (κ3) is 3.97. The van der Waals surface area contributed by atoms with E-state index in [1.807, 2.05) is 13.8 Å². The molecule has 1 aromatic heterocycles. The van der Waals surface area contributed by atoms with Gasteiger partial charge in [0, 0.05) is 37.5 Å². The van der Waals surface area contributed by atoms with Gasteiger partial charge in [-0.2, -0.15) is 0 Å². The Labute approximate surface area is 113 Å². The molecule has 0 bridgehead atoms. The van der Waals surface area contributed by atoms with E-state index in [-0.39, 0.29) is 16.2 Å². The molecular weight excluding hydrogens is 246 g/mol. The Morgan fingerprint density at radius 2 is 2.11 bits per heavy atom. The Balaban J connectivity index is 2.81. The smallest absolute Gasteiger partial charge is 0.278 e. The van der Waals surface area contributed by atoms with Crippen LogP contribution in [0.4, 0.5) is 5.69 Å². The summed E-state index contributed by atoms with van der Waals surface area (Å²) in [6, 6.07) is 0. The van der Waals surface area contributed by atoms with Gasteiger partial charge in [0.05, 0.1) is 16.2 Å². The Morgan fingerprint density at radius 1 is 1.47 bits per heavy atom. The molecule has 0 unspecified atom stereocenters. The van der Waals surface area contributed by atoms with Crippen LogP contribution in [0, 0.1) is 24.0 Å². The summed E-state index contributed by atoms with van der Waals surface area (Å²) in [5.74, 6) is 0. The molecule has 0 aromatic carbocycles. The second kappa shape index (κ2) is 6.08. The maximum absolute atomic E-state index is 11.0. The molecule has 1 heterocycles. The fraction of sp³-hybridized carbons (Fsp3) is 0.615. The van der Waals surface area contributed by atoms with E-state index in [1.54, 1.807) is 27.2 Å². The topological polar surface area (TPSA) is 77.3 Å². The van der Waals surface area contributed by atoms with Gasteiger partial charge in [0.2, 0.25) is 0 Å². The second-order valence-corrected chi connectivity index (χ2v) is 5.19. The fourth-order valence-corrected chi connectivity index (χ4v) is 1.78. The first-order valence-corrected chi connectivity index (χ1v) is 6.14. The summed E-state index contributed by atoms with van der Waals surface area (Å²) < 4.78 is 5.30. The number of aromatic nitrogens is 1. The van der Waals surface area contributed by atoms with Gasteiger partial charge in [0.25, 0.3) is 5.69 Å². The molecule has 1 N–H and O–H groups in total. The normalized spacial score (nSPS) is 11.6. The minimum atomic E-state index is -0.352. The van der Waals surface area contributed by atoms with Crippen molar-refractivity contribution in [2.75, 3.05) is 13.7 Å². The van der Waals surface area contributed by atoms with Gasteiger partial charge in [-0.3, -0.25) is 15.1 Å². The van der Waals surface area contributed by atoms with Crippen LogP contribution in [0.1, 0.15) is 30.7 Å². The zero-order valence-electron chi connectivity index (χ0n) is 12.1. The van der Waals surface area contributed by atoms with Crippen LogP contribution >= 0.6 is 0 Å². The van der Waals surface area contributed by atoms with Crippen LogP contribution in [0.25, 0.3) is 0 Å². The predicted molar refractivity (Wildman–Crippen MR) is 73.2 cm³/mol. The molecule has 0 fully saturated rings. The van der Waals surface area contributed by atoms with E-state index in [2.05, 4.69) is 10.3 Å². The summed E-state index contributed by atoms with van der Waals surface area (Å²) in [6.07, 6.45) is 1.55. The van der Waals surface area contributed by atoms with Gasteiger partial charge in [0.1, 0.15) is 0 Å². The first-order valence-electron chi connectivity index (χ1n) is 6.14. The fourth-order valence-electron chi connectivity index (χ4n) is 1.78. The van der Waals surface area contributed by atoms with E-state index in [9.17, 15) is 10.1 Å². The van der Waals surface area contributed by atoms with Crippen molar-refractivity contribution in [1.29, 1.82) is 0 Å². The lowest BCUT2D eigenvalue weighted by Crippen LogP contribution is -2.36. The highest BCUT2D eigenvalue weighted by molar-refractivity contribution is 5.47. The van der Waals surface area contributed by atoms with Crippen LogP contribution in [0.2, 0.25) is 0 Å². The third-order valence-electron chi connectivity index (χ3n) is 3.15. The Bertz CT molecular complexity index is 472. The van der Waals surface area contributed by atoms with Gasteiger partial charge in [0.15, 0.2) is 0 Å². The summed E-state index contributed by atoms with van der Waals surface area (Å²) in [4.78, 5) is 14.9. The largest absolute Gasteiger partial charge is 0.377 e. The molecule has 0 spiro atoms. The lowest BCUT2D eigenvalue weighted by molar-refractivity contribution is -0.386. The lowest BCUT2D eigenvalue weighted by atomic mass is 10.1. The molecule has 6 nitrogen and oxygen atoms in total. The number of rotatable bonds is 6. The molecular formula is C13H21N3O3. The van der Waals surface area contributed by atoms with Crippen LogP contribution in [0.15, 0.2) is 6.20 Å². The average Bonchev–Trinajstić information content (AvgIpc) is 2.31. The van der Waals surface area contributed by atoms with E-state index in [0.717, 1.165) is 0 Å². The molecule has 106 valence electrons. The molecule has 0 atom stereocenters. The van der Waals surface area contributed by atoms with Crippen LogP contribution in [0.3, 0.4) is 0 Å². The summed E-state index contributed by atoms with van der Waals surface area (Å²) in [7, 11) is 1.65. The molecule has 0 amide bonds. The third-order valence-corrected chi connectivity index (χ3v) is 3.15. The van der Waals surface area contributed by atoms with Crippen molar-refractivity contribution < 1.29 is 9.66 Å². The first kappa shape index (κ1) is 15.5. The van der Waals surface area contributed by atoms with Crippen LogP contribution in [-0.2, 0) is 11.3 Å². The molecule has 19 heavy (non-hydrogen) atoms. The maximum Gasteiger partial charge on any atom is 0.278 e. The van der Waals surface area contributed by atoms with Gasteiger partial charge in [-0.25, -0.2) is 0 Å². The first-order chi connectivity index (χ1) is 8.78. The van der Waals surface area contributed by atoms with Crippen molar-refractivity contribution in [3.05, 3.63) is 33.1 Å². The molecule has 0 saturated carbocycles. The summed E-state index contributed by atoms with van der Waals surface area (Å²) in [5, 5.41) is 14.2. The predicted octanol–water partition coefficient (Wildman–Crippen LogP) is 2.12. The number of nitro groups is 1. The molecule has 6 heteroatoms. The quantitative estimate of drug-likeness (QED) is 0.631. The monoisotopic (exact) mass is 267 g/mol. The van der Waals surface area contributed by atoms with E-state index in [1.165, 1.54) is 0 Å². The van der Waals surface area contributed by atoms with Gasteiger partial charge >= 0.3 is 0 Å². The minimum absolute atomic E-state index is 0.151. The van der Waals surface area contributed by atoms with Crippen LogP contribution in [-0.4, -0.2) is 29.2 Å². The highest BCUT2D eigenvalue weighted by Gasteiger charge is 2.20. The molecule has 0 aliphatic heterocycles. The molecule has 0 aliphatic carbocycles. The van der Waals surface area contributed by atoms with E-state index in [0.29, 0.717) is 29.9 Å². The standard InChI is InChI=1S/C13H21N3O3/c1-9-6-15-11(10(2)12(9)16(17)18)7-14-8-13(3,4)19-5/h6,14H,7-8H2,1-5H3. The van der Waals surface area contributed by atoms with E-state index in [4.69, 9.17) is 4.74 Å². The number of hydrogen-bond acceptors (Lipinski definition) is 5. The number of methoxy groups -OCH3 is 1. The summed E-state index contributed by atoms with van der Waals surface area (Å²) >= 11 is 0. The van der Waals surface area contributed by atoms with Gasteiger partial charge in [-0.15, -0.1) is 0 Å². The van der Waals surface area contributed by atoms with Gasteiger partial charge < -0.3 is 10.1 Å². The summed E-state index contributed by atoms with van der Waals surface area (Å²) in [6.45, 7) is 8.50. The number of aryl methyl sites for hydroxylation is 1. The molecule has 0 saturated heterocycles. The number of nitrogens with one attached hydrogen (secondary N) is 1. The van der Waals surface area contributed by atoms with Crippen molar-refractivity contribution in [2.45, 2.75) is 39.8 Å². The van der Waals surface area contributed by atoms with Crippen molar-refractivity contribution in [2.24, 2.45) is 0 Å². The number of pyridine rings is 1. The Morgan fingerprint density at radius 3 is 2.63 bits per heavy atom. The zero-order chi connectivity index (χ0) is 14.6. The zero-order valence-corrected chi connectivity index (χ0v) is 12.1. The number of hydrogen-bond donors (Lipinski definition) is 1. The second-order valence-electron chi connectivity index (χ2n) is 5.19. The van der Waals surface area contributed by atoms with Crippen molar-refractivity contribution >= 4 is 5.69 Å². The highest BCUT2D eigenvalue weighted by atomic mass is 16.6. The maximum atomic E-state index is 11.0. The van der Waals surface area contributed by atoms with Crippen molar-refractivity contribution in [3.8, 4) is 0 Å². The van der Waals surface area contributed by atoms with Crippen LogP contribution in [0.5, 0.6) is 0 Å². The number of nitrogens with zero attached hydrogens (tertiary/aromatic N) is 2. The number of ether oxygens (including phenoxy) is 1. The van der Waals surface area contributed by atoms with E-state index >= 15 is 0 Å². The Hall–Kier alpha value is -1.53. The molecule has 0 aliphatic rings. The molecule has 0 radical (unpaired) electrons. The summed E-state index contributed by atoms with van der Waals surface area (Å²) in [5.41, 5.74) is 1.78.